The number of nitrogens with zero attached hydrogens (tertiary/aromatic N) is 1. The number of rotatable bonds is 6. The third-order valence-corrected chi connectivity index (χ3v) is 3.49. The van der Waals surface area contributed by atoms with E-state index in [2.05, 4.69) is 5.32 Å². The van der Waals surface area contributed by atoms with Crippen molar-refractivity contribution in [3.63, 3.8) is 0 Å². The van der Waals surface area contributed by atoms with Crippen LogP contribution in [0.2, 0.25) is 0 Å². The third-order valence-electron chi connectivity index (χ3n) is 3.49. The van der Waals surface area contributed by atoms with Crippen LogP contribution in [0.15, 0.2) is 18.2 Å². The lowest BCUT2D eigenvalue weighted by Crippen LogP contribution is -2.40. The topological polar surface area (TPSA) is 15.3 Å². The summed E-state index contributed by atoms with van der Waals surface area (Å²) in [4.78, 5) is 1.08. The molecule has 1 aliphatic rings. The first-order chi connectivity index (χ1) is 9.78. The van der Waals surface area contributed by atoms with Crippen LogP contribution in [-0.2, 0) is 6.54 Å². The average molecular weight is 304 g/mol. The van der Waals surface area contributed by atoms with Crippen LogP contribution in [0.5, 0.6) is 0 Å². The van der Waals surface area contributed by atoms with Gasteiger partial charge >= 0.3 is 6.18 Å². The molecule has 0 radical (unpaired) electrons. The molecule has 0 bridgehead atoms. The minimum Gasteiger partial charge on any atom is -0.357 e. The average Bonchev–Trinajstić information content (AvgIpc) is 3.16. The first-order valence-corrected chi connectivity index (χ1v) is 7.12. The second-order valence-electron chi connectivity index (χ2n) is 5.74. The molecule has 0 aromatic heterocycles. The molecule has 2 rings (SSSR count). The molecule has 0 atom stereocenters. The number of alkyl halides is 3. The Kier molecular flexibility index (Phi) is 4.76. The molecule has 1 aromatic rings. The van der Waals surface area contributed by atoms with Crippen LogP contribution < -0.4 is 10.2 Å². The highest BCUT2D eigenvalue weighted by atomic mass is 19.4. The van der Waals surface area contributed by atoms with Gasteiger partial charge in [-0.2, -0.15) is 13.2 Å². The maximum atomic E-state index is 14.1. The van der Waals surface area contributed by atoms with E-state index in [1.165, 1.54) is 12.1 Å². The predicted octanol–water partition coefficient (Wildman–Crippen LogP) is 3.85. The number of para-hydroxylation sites is 1. The van der Waals surface area contributed by atoms with E-state index >= 15 is 0 Å². The molecule has 21 heavy (non-hydrogen) atoms. The first kappa shape index (κ1) is 16.1. The van der Waals surface area contributed by atoms with Crippen molar-refractivity contribution in [2.75, 3.05) is 11.4 Å². The molecule has 0 heterocycles. The summed E-state index contributed by atoms with van der Waals surface area (Å²) in [6, 6.07) is 4.40. The van der Waals surface area contributed by atoms with Crippen molar-refractivity contribution < 1.29 is 17.6 Å². The lowest BCUT2D eigenvalue weighted by Gasteiger charge is -2.32. The van der Waals surface area contributed by atoms with Gasteiger partial charge in [-0.25, -0.2) is 4.39 Å². The van der Waals surface area contributed by atoms with E-state index in [1.807, 2.05) is 0 Å². The zero-order valence-corrected chi connectivity index (χ0v) is 12.2. The van der Waals surface area contributed by atoms with Crippen LogP contribution in [0.3, 0.4) is 0 Å². The summed E-state index contributed by atoms with van der Waals surface area (Å²) in [5.41, 5.74) is 0.623. The molecule has 1 saturated carbocycles. The fourth-order valence-electron chi connectivity index (χ4n) is 2.28. The summed E-state index contributed by atoms with van der Waals surface area (Å²) in [5, 5.41) is 3.22. The van der Waals surface area contributed by atoms with Crippen LogP contribution in [0.1, 0.15) is 32.3 Å². The van der Waals surface area contributed by atoms with Crippen molar-refractivity contribution in [3.8, 4) is 0 Å². The summed E-state index contributed by atoms with van der Waals surface area (Å²) in [5.74, 6) is -0.608. The molecule has 0 amide bonds. The summed E-state index contributed by atoms with van der Waals surface area (Å²) < 4.78 is 52.4. The Morgan fingerprint density at radius 2 is 1.95 bits per heavy atom. The highest BCUT2D eigenvalue weighted by Crippen LogP contribution is 2.30. The molecule has 0 unspecified atom stereocenters. The van der Waals surface area contributed by atoms with E-state index in [9.17, 15) is 17.6 Å². The molecule has 118 valence electrons. The lowest BCUT2D eigenvalue weighted by molar-refractivity contribution is -0.120. The monoisotopic (exact) mass is 304 g/mol. The second-order valence-corrected chi connectivity index (χ2v) is 5.74. The van der Waals surface area contributed by atoms with Crippen molar-refractivity contribution in [1.82, 2.24) is 5.32 Å². The number of anilines is 1. The van der Waals surface area contributed by atoms with Gasteiger partial charge in [-0.05, 0) is 38.3 Å². The van der Waals surface area contributed by atoms with Crippen LogP contribution in [0.4, 0.5) is 23.2 Å². The fourth-order valence-corrected chi connectivity index (χ4v) is 2.28. The highest BCUT2D eigenvalue weighted by Gasteiger charge is 2.34. The van der Waals surface area contributed by atoms with E-state index in [4.69, 9.17) is 0 Å². The van der Waals surface area contributed by atoms with Crippen molar-refractivity contribution in [2.45, 2.75) is 51.5 Å². The molecular formula is C15H20F4N2. The molecule has 2 nitrogen and oxygen atoms in total. The van der Waals surface area contributed by atoms with Gasteiger partial charge in [-0.3, -0.25) is 0 Å². The number of halogens is 4. The van der Waals surface area contributed by atoms with Gasteiger partial charge in [0.15, 0.2) is 0 Å². The van der Waals surface area contributed by atoms with Gasteiger partial charge in [-0.1, -0.05) is 12.1 Å². The Morgan fingerprint density at radius 1 is 1.29 bits per heavy atom. The number of benzene rings is 1. The molecule has 1 aliphatic carbocycles. The summed E-state index contributed by atoms with van der Waals surface area (Å²) >= 11 is 0. The van der Waals surface area contributed by atoms with Gasteiger partial charge in [0.05, 0.1) is 5.69 Å². The van der Waals surface area contributed by atoms with Crippen LogP contribution in [0.25, 0.3) is 0 Å². The number of hydrogen-bond acceptors (Lipinski definition) is 2. The Morgan fingerprint density at radius 3 is 2.48 bits per heavy atom. The Hall–Kier alpha value is -1.30. The van der Waals surface area contributed by atoms with Crippen LogP contribution in [0, 0.1) is 5.82 Å². The smallest absolute Gasteiger partial charge is 0.357 e. The molecule has 1 N–H and O–H groups in total. The van der Waals surface area contributed by atoms with Gasteiger partial charge in [0.1, 0.15) is 12.4 Å². The van der Waals surface area contributed by atoms with Gasteiger partial charge < -0.3 is 10.2 Å². The van der Waals surface area contributed by atoms with Crippen molar-refractivity contribution in [3.05, 3.63) is 29.6 Å². The zero-order valence-electron chi connectivity index (χ0n) is 12.2. The zero-order chi connectivity index (χ0) is 15.6. The summed E-state index contributed by atoms with van der Waals surface area (Å²) in [6.45, 7) is 2.51. The third kappa shape index (κ3) is 4.59. The second kappa shape index (κ2) is 6.22. The van der Waals surface area contributed by atoms with Crippen molar-refractivity contribution >= 4 is 5.69 Å². The molecule has 6 heteroatoms. The standard InChI is InChI=1S/C15H20F4N2/c1-10(2)21(9-15(17,18)19)14-11(4-3-5-13(14)16)8-20-12-6-7-12/h3-5,10,12,20H,6-9H2,1-2H3. The lowest BCUT2D eigenvalue weighted by atomic mass is 10.1. The van der Waals surface area contributed by atoms with Gasteiger partial charge in [0.2, 0.25) is 0 Å². The summed E-state index contributed by atoms with van der Waals surface area (Å²) in [7, 11) is 0. The maximum Gasteiger partial charge on any atom is 0.405 e. The molecule has 0 spiro atoms. The fraction of sp³-hybridized carbons (Fsp3) is 0.600. The first-order valence-electron chi connectivity index (χ1n) is 7.12. The minimum atomic E-state index is -4.37. The van der Waals surface area contributed by atoms with E-state index in [-0.39, 0.29) is 5.69 Å². The summed E-state index contributed by atoms with van der Waals surface area (Å²) in [6.07, 6.45) is -2.23. The Labute approximate surface area is 122 Å². The van der Waals surface area contributed by atoms with Crippen LogP contribution >= 0.6 is 0 Å². The SMILES string of the molecule is CC(C)N(CC(F)(F)F)c1c(F)cccc1CNC1CC1. The van der Waals surface area contributed by atoms with Crippen molar-refractivity contribution in [2.24, 2.45) is 0 Å². The van der Waals surface area contributed by atoms with Crippen LogP contribution in [-0.4, -0.2) is 24.8 Å². The number of hydrogen-bond donors (Lipinski definition) is 1. The van der Waals surface area contributed by atoms with E-state index in [1.54, 1.807) is 19.9 Å². The van der Waals surface area contributed by atoms with Gasteiger partial charge in [0, 0.05) is 18.6 Å². The van der Waals surface area contributed by atoms with E-state index in [0.29, 0.717) is 18.2 Å². The molecule has 0 aliphatic heterocycles. The van der Waals surface area contributed by atoms with E-state index in [0.717, 1.165) is 17.7 Å². The largest absolute Gasteiger partial charge is 0.405 e. The van der Waals surface area contributed by atoms with Gasteiger partial charge in [0.25, 0.3) is 0 Å². The van der Waals surface area contributed by atoms with Gasteiger partial charge in [-0.15, -0.1) is 0 Å². The highest BCUT2D eigenvalue weighted by molar-refractivity contribution is 5.55. The maximum absolute atomic E-state index is 14.1. The quantitative estimate of drug-likeness (QED) is 0.803. The molecule has 1 aromatic carbocycles. The molecular weight excluding hydrogens is 284 g/mol. The van der Waals surface area contributed by atoms with Crippen molar-refractivity contribution in [1.29, 1.82) is 0 Å². The Bertz CT molecular complexity index is 481. The Balaban J connectivity index is 2.28. The van der Waals surface area contributed by atoms with E-state index < -0.39 is 24.6 Å². The molecule has 1 fully saturated rings. The minimum absolute atomic E-state index is 0.0537. The normalized spacial score (nSPS) is 15.6. The number of nitrogens with one attached hydrogen (secondary N) is 1. The predicted molar refractivity (Wildman–Crippen MR) is 74.8 cm³/mol. The molecule has 0 saturated heterocycles.